The van der Waals surface area contributed by atoms with Crippen molar-refractivity contribution in [1.29, 1.82) is 0 Å². The lowest BCUT2D eigenvalue weighted by atomic mass is 10.3. The van der Waals surface area contributed by atoms with Crippen molar-refractivity contribution >= 4 is 32.6 Å². The smallest absolute Gasteiger partial charge is 0.264 e. The summed E-state index contributed by atoms with van der Waals surface area (Å²) >= 11 is 1.44. The second-order valence-electron chi connectivity index (χ2n) is 4.73. The quantitative estimate of drug-likeness (QED) is 0.749. The van der Waals surface area contributed by atoms with Gasteiger partial charge < -0.3 is 9.47 Å². The normalized spacial score (nSPS) is 10.5. The molecular formula is C17H16N2O3S. The summed E-state index contributed by atoms with van der Waals surface area (Å²) in [4.78, 5) is 16.3. The average Bonchev–Trinajstić information content (AvgIpc) is 2.96. The number of aromatic nitrogens is 1. The first-order valence-corrected chi connectivity index (χ1v) is 8.07. The van der Waals surface area contributed by atoms with E-state index in [4.69, 9.17) is 9.47 Å². The molecule has 118 valence electrons. The molecule has 1 aromatic heterocycles. The van der Waals surface area contributed by atoms with E-state index in [-0.39, 0.29) is 12.5 Å². The summed E-state index contributed by atoms with van der Waals surface area (Å²) in [7, 11) is 0. The van der Waals surface area contributed by atoms with Crippen LogP contribution in [0, 0.1) is 0 Å². The molecule has 0 fully saturated rings. The number of para-hydroxylation sites is 1. The summed E-state index contributed by atoms with van der Waals surface area (Å²) in [6, 6.07) is 14.9. The van der Waals surface area contributed by atoms with Crippen molar-refractivity contribution in [1.82, 2.24) is 4.98 Å². The molecule has 0 unspecified atom stereocenters. The van der Waals surface area contributed by atoms with Crippen LogP contribution in [-0.2, 0) is 4.79 Å². The van der Waals surface area contributed by atoms with Crippen molar-refractivity contribution in [2.24, 2.45) is 0 Å². The zero-order valence-corrected chi connectivity index (χ0v) is 13.4. The molecule has 0 bridgehead atoms. The predicted octanol–water partition coefficient (Wildman–Crippen LogP) is 3.71. The highest BCUT2D eigenvalue weighted by atomic mass is 32.1. The molecule has 0 aliphatic carbocycles. The third-order valence-electron chi connectivity index (χ3n) is 3.04. The van der Waals surface area contributed by atoms with Gasteiger partial charge in [0.05, 0.1) is 16.8 Å². The van der Waals surface area contributed by atoms with E-state index in [9.17, 15) is 4.79 Å². The Morgan fingerprint density at radius 3 is 2.48 bits per heavy atom. The molecule has 5 nitrogen and oxygen atoms in total. The molecular weight excluding hydrogens is 312 g/mol. The largest absolute Gasteiger partial charge is 0.494 e. The molecule has 0 aliphatic heterocycles. The molecule has 0 saturated heterocycles. The fourth-order valence-corrected chi connectivity index (χ4v) is 2.91. The second kappa shape index (κ2) is 7.11. The molecule has 2 aromatic carbocycles. The number of nitrogens with zero attached hydrogens (tertiary/aromatic N) is 1. The van der Waals surface area contributed by atoms with Gasteiger partial charge in [0, 0.05) is 0 Å². The van der Waals surface area contributed by atoms with Gasteiger partial charge in [0.25, 0.3) is 5.91 Å². The van der Waals surface area contributed by atoms with Gasteiger partial charge in [-0.1, -0.05) is 23.5 Å². The lowest BCUT2D eigenvalue weighted by Crippen LogP contribution is -2.19. The van der Waals surface area contributed by atoms with Crippen molar-refractivity contribution < 1.29 is 14.3 Å². The lowest BCUT2D eigenvalue weighted by Gasteiger charge is -2.07. The van der Waals surface area contributed by atoms with E-state index in [0.717, 1.165) is 16.0 Å². The van der Waals surface area contributed by atoms with E-state index >= 15 is 0 Å². The highest BCUT2D eigenvalue weighted by molar-refractivity contribution is 7.22. The number of benzene rings is 2. The number of ether oxygens (including phenoxy) is 2. The molecule has 23 heavy (non-hydrogen) atoms. The van der Waals surface area contributed by atoms with Gasteiger partial charge in [0.1, 0.15) is 11.5 Å². The zero-order chi connectivity index (χ0) is 16.1. The van der Waals surface area contributed by atoms with Gasteiger partial charge in [0.2, 0.25) is 0 Å². The highest BCUT2D eigenvalue weighted by Gasteiger charge is 2.08. The summed E-state index contributed by atoms with van der Waals surface area (Å²) in [6.07, 6.45) is 0. The predicted molar refractivity (Wildman–Crippen MR) is 91.4 cm³/mol. The van der Waals surface area contributed by atoms with Crippen LogP contribution in [0.4, 0.5) is 5.13 Å². The number of hydrogen-bond donors (Lipinski definition) is 1. The molecule has 1 amide bonds. The number of anilines is 1. The molecule has 3 rings (SSSR count). The maximum Gasteiger partial charge on any atom is 0.264 e. The average molecular weight is 328 g/mol. The van der Waals surface area contributed by atoms with E-state index in [1.807, 2.05) is 43.3 Å². The van der Waals surface area contributed by atoms with Crippen LogP contribution in [-0.4, -0.2) is 24.1 Å². The summed E-state index contributed by atoms with van der Waals surface area (Å²) in [5.74, 6) is 1.16. The van der Waals surface area contributed by atoms with E-state index in [2.05, 4.69) is 10.3 Å². The van der Waals surface area contributed by atoms with Crippen molar-refractivity contribution in [2.75, 3.05) is 18.5 Å². The van der Waals surface area contributed by atoms with E-state index in [1.54, 1.807) is 12.1 Å². The first-order chi connectivity index (χ1) is 11.2. The highest BCUT2D eigenvalue weighted by Crippen LogP contribution is 2.25. The van der Waals surface area contributed by atoms with E-state index in [1.165, 1.54) is 11.3 Å². The van der Waals surface area contributed by atoms with Crippen molar-refractivity contribution in [3.8, 4) is 11.5 Å². The molecule has 3 aromatic rings. The molecule has 0 aliphatic rings. The van der Waals surface area contributed by atoms with Gasteiger partial charge in [-0.15, -0.1) is 0 Å². The first-order valence-electron chi connectivity index (χ1n) is 7.25. The molecule has 0 spiro atoms. The fraction of sp³-hybridized carbons (Fsp3) is 0.176. The fourth-order valence-electron chi connectivity index (χ4n) is 2.03. The Bertz CT molecular complexity index is 766. The topological polar surface area (TPSA) is 60.5 Å². The number of thiazole rings is 1. The van der Waals surface area contributed by atoms with Gasteiger partial charge in [0.15, 0.2) is 11.7 Å². The first kappa shape index (κ1) is 15.3. The minimum absolute atomic E-state index is 0.0656. The SMILES string of the molecule is CCOc1ccc(OCC(=O)Nc2nc3ccccc3s2)cc1. The Labute approximate surface area is 137 Å². The Hall–Kier alpha value is -2.60. The minimum atomic E-state index is -0.238. The van der Waals surface area contributed by atoms with Crippen molar-refractivity contribution in [3.63, 3.8) is 0 Å². The van der Waals surface area contributed by atoms with Gasteiger partial charge in [-0.05, 0) is 43.3 Å². The Morgan fingerprint density at radius 1 is 1.09 bits per heavy atom. The van der Waals surface area contributed by atoms with Crippen LogP contribution in [0.2, 0.25) is 0 Å². The molecule has 0 atom stereocenters. The number of nitrogens with one attached hydrogen (secondary N) is 1. The summed E-state index contributed by atoms with van der Waals surface area (Å²) < 4.78 is 11.8. The minimum Gasteiger partial charge on any atom is -0.494 e. The monoisotopic (exact) mass is 328 g/mol. The van der Waals surface area contributed by atoms with Crippen LogP contribution < -0.4 is 14.8 Å². The van der Waals surface area contributed by atoms with Crippen LogP contribution in [0.1, 0.15) is 6.92 Å². The number of carbonyl (C=O) groups is 1. The maximum atomic E-state index is 11.9. The van der Waals surface area contributed by atoms with Gasteiger partial charge in [-0.2, -0.15) is 0 Å². The maximum absolute atomic E-state index is 11.9. The third-order valence-corrected chi connectivity index (χ3v) is 4.00. The molecule has 1 heterocycles. The van der Waals surface area contributed by atoms with Crippen LogP contribution in [0.5, 0.6) is 11.5 Å². The van der Waals surface area contributed by atoms with Crippen LogP contribution in [0.3, 0.4) is 0 Å². The molecule has 6 heteroatoms. The number of amides is 1. The van der Waals surface area contributed by atoms with E-state index in [0.29, 0.717) is 17.5 Å². The zero-order valence-electron chi connectivity index (χ0n) is 12.6. The Morgan fingerprint density at radius 2 is 1.78 bits per heavy atom. The Kier molecular flexibility index (Phi) is 4.73. The summed E-state index contributed by atoms with van der Waals surface area (Å²) in [6.45, 7) is 2.48. The van der Waals surface area contributed by atoms with Crippen LogP contribution >= 0.6 is 11.3 Å². The van der Waals surface area contributed by atoms with Gasteiger partial charge in [-0.3, -0.25) is 10.1 Å². The number of carbonyl (C=O) groups excluding carboxylic acids is 1. The van der Waals surface area contributed by atoms with Crippen LogP contribution in [0.15, 0.2) is 48.5 Å². The number of fused-ring (bicyclic) bond motifs is 1. The second-order valence-corrected chi connectivity index (χ2v) is 5.76. The molecule has 0 saturated carbocycles. The van der Waals surface area contributed by atoms with Crippen molar-refractivity contribution in [3.05, 3.63) is 48.5 Å². The summed E-state index contributed by atoms with van der Waals surface area (Å²) in [5.41, 5.74) is 0.875. The standard InChI is InChI=1S/C17H16N2O3S/c1-2-21-12-7-9-13(10-8-12)22-11-16(20)19-17-18-14-5-3-4-6-15(14)23-17/h3-10H,2,11H2,1H3,(H,18,19,20). The van der Waals surface area contributed by atoms with E-state index < -0.39 is 0 Å². The Balaban J connectivity index is 1.54. The molecule has 0 radical (unpaired) electrons. The molecule has 1 N–H and O–H groups in total. The third kappa shape index (κ3) is 3.98. The number of hydrogen-bond acceptors (Lipinski definition) is 5. The summed E-state index contributed by atoms with van der Waals surface area (Å²) in [5, 5.41) is 3.33. The van der Waals surface area contributed by atoms with Crippen molar-refractivity contribution in [2.45, 2.75) is 6.92 Å². The van der Waals surface area contributed by atoms with Gasteiger partial charge in [-0.25, -0.2) is 4.98 Å². The number of rotatable bonds is 6. The lowest BCUT2D eigenvalue weighted by molar-refractivity contribution is -0.118. The van der Waals surface area contributed by atoms with Gasteiger partial charge >= 0.3 is 0 Å². The van der Waals surface area contributed by atoms with Crippen LogP contribution in [0.25, 0.3) is 10.2 Å².